The summed E-state index contributed by atoms with van der Waals surface area (Å²) in [7, 11) is 4.00. The van der Waals surface area contributed by atoms with Gasteiger partial charge in [0.1, 0.15) is 11.6 Å². The van der Waals surface area contributed by atoms with Crippen LogP contribution in [0.5, 0.6) is 0 Å². The number of rotatable bonds is 4. The SMILES string of the molecule is Cc1ccc(=O)[nH]n1.Cc1ccc(N)nn1.Cc1ccccc1CNC1=NCCN1.Cc1ccccc1CNC1=NCCN1C.Cc1cccnn1.Cc1ccnnc1.Cc1cnc(N)[nH]1.Cc1cnc[nH]1.Cc1ncc[nH]1.Cc1nn[nH]n1.Cn1ccnc1. The Morgan fingerprint density at radius 3 is 1.66 bits per heavy atom. The minimum atomic E-state index is -0.157. The number of hydrogen-bond acceptors (Lipinski definition) is 23. The average Bonchev–Trinajstić information content (AvgIpc) is 4.56. The topological polar surface area (TPSA) is 397 Å². The third-order valence-corrected chi connectivity index (χ3v) is 11.3. The van der Waals surface area contributed by atoms with Gasteiger partial charge in [0.25, 0.3) is 5.56 Å². The van der Waals surface area contributed by atoms with Crippen LogP contribution in [0.3, 0.4) is 0 Å². The van der Waals surface area contributed by atoms with Crippen LogP contribution in [0, 0.1) is 69.2 Å². The highest BCUT2D eigenvalue weighted by Crippen LogP contribution is 2.08. The first-order valence-corrected chi connectivity index (χ1v) is 28.3. The molecular formula is C61H86N28O. The van der Waals surface area contributed by atoms with Crippen molar-refractivity contribution in [2.75, 3.05) is 44.7 Å². The summed E-state index contributed by atoms with van der Waals surface area (Å²) in [5, 5.41) is 50.4. The quantitative estimate of drug-likeness (QED) is 0.0949. The Kier molecular flexibility index (Phi) is 35.7. The van der Waals surface area contributed by atoms with E-state index in [9.17, 15) is 4.79 Å². The maximum absolute atomic E-state index is 10.3. The lowest BCUT2D eigenvalue weighted by molar-refractivity contribution is 0.534. The van der Waals surface area contributed by atoms with Crippen molar-refractivity contribution in [1.29, 1.82) is 0 Å². The van der Waals surface area contributed by atoms with Crippen molar-refractivity contribution in [2.45, 2.75) is 82.3 Å². The fraction of sp³-hybridized carbons (Fsp3) is 0.295. The summed E-state index contributed by atoms with van der Waals surface area (Å²) in [5.41, 5.74) is 21.5. The third kappa shape index (κ3) is 35.8. The molecule has 0 bridgehead atoms. The molecule has 0 radical (unpaired) electrons. The van der Waals surface area contributed by atoms with Crippen LogP contribution in [0.25, 0.3) is 0 Å². The van der Waals surface area contributed by atoms with E-state index >= 15 is 0 Å². The van der Waals surface area contributed by atoms with Crippen LogP contribution in [-0.4, -0.2) is 151 Å². The molecule has 11 heterocycles. The zero-order chi connectivity index (χ0) is 65.6. The Bertz CT molecular complexity index is 3390. The first-order valence-electron chi connectivity index (χ1n) is 28.3. The van der Waals surface area contributed by atoms with Gasteiger partial charge in [-0.05, 0) is 133 Å². The molecule has 29 nitrogen and oxygen atoms in total. The Morgan fingerprint density at radius 2 is 1.32 bits per heavy atom. The van der Waals surface area contributed by atoms with Gasteiger partial charge in [-0.3, -0.25) is 14.8 Å². The number of guanidine groups is 2. The van der Waals surface area contributed by atoms with Gasteiger partial charge in [-0.25, -0.2) is 25.0 Å². The van der Waals surface area contributed by atoms with Crippen LogP contribution < -0.4 is 33.0 Å². The van der Waals surface area contributed by atoms with E-state index in [-0.39, 0.29) is 5.56 Å². The van der Waals surface area contributed by atoms with Crippen LogP contribution in [0.1, 0.15) is 67.9 Å². The standard InChI is InChI=1S/C12H17N3.C11H15N3.C5H7N3.C5H6N2O.2C5H6N2.C4H7N3.3C4H6N2.C2H4N4/c1-10-5-3-4-6-11(10)9-14-12-13-7-8-15(12)2;1-9-4-2-3-5-10(9)8-14-11-12-6-7-13-11;1-4-2-3-5(6)8-7-4;1-4-2-3-5(8)7-6-4;1-5-2-3-6-7-4-5;1-5-3-2-4-6-7-5;1-3-2-6-4(5)7-3;1-4-2-5-3-6-4;1-6-3-2-5-4-6;1-4-5-2-3-6-4;1-2-3-5-6-4-2/h3-6H,7-9H2,1-2H3,(H,13,14);2-5H,6-8H2,1H3,(H2,12,13,14);2-3H,1H3,(H2,6,8);2-3H,1H3,(H,7,8);2*2-4H,1H3;2H,1H3,(H3,5,6,7);2-3H,1H3,(H,5,6);2-4H,1H3;2-3H,1H3,(H,5,6);1H3,(H,3,4,5,6). The van der Waals surface area contributed by atoms with E-state index in [2.05, 4.69) is 197 Å². The number of imidazole rings is 4. The van der Waals surface area contributed by atoms with E-state index in [1.807, 2.05) is 90.5 Å². The van der Waals surface area contributed by atoms with E-state index < -0.39 is 0 Å². The van der Waals surface area contributed by atoms with E-state index in [4.69, 9.17) is 11.5 Å². The molecule has 0 saturated heterocycles. The molecule has 0 unspecified atom stereocenters. The number of likely N-dealkylation sites (N-methyl/N-ethyl adjacent to an activating group) is 1. The van der Waals surface area contributed by atoms with Gasteiger partial charge < -0.3 is 51.8 Å². The molecule has 13 rings (SSSR count). The summed E-state index contributed by atoms with van der Waals surface area (Å²) in [5.74, 6) is 4.53. The second-order valence-electron chi connectivity index (χ2n) is 19.3. The van der Waals surface area contributed by atoms with Crippen LogP contribution in [0.2, 0.25) is 0 Å². The number of aromatic amines is 5. The molecule has 0 fully saturated rings. The number of nitrogens with two attached hydrogens (primary N) is 2. The average molecular weight is 1230 g/mol. The highest BCUT2D eigenvalue weighted by Gasteiger charge is 2.11. The van der Waals surface area contributed by atoms with Crippen LogP contribution in [-0.2, 0) is 20.1 Å². The summed E-state index contributed by atoms with van der Waals surface area (Å²) in [4.78, 5) is 44.9. The molecule has 0 saturated carbocycles. The molecule has 2 aliphatic rings. The first kappa shape index (κ1) is 72.9. The number of nitrogens with one attached hydrogen (secondary N) is 8. The van der Waals surface area contributed by atoms with Crippen molar-refractivity contribution in [1.82, 2.24) is 122 Å². The van der Waals surface area contributed by atoms with Gasteiger partial charge in [0.2, 0.25) is 0 Å². The fourth-order valence-electron chi connectivity index (χ4n) is 6.41. The number of benzene rings is 2. The molecule has 0 aliphatic carbocycles. The van der Waals surface area contributed by atoms with Crippen molar-refractivity contribution in [3.8, 4) is 0 Å². The molecule has 90 heavy (non-hydrogen) atoms. The lowest BCUT2D eigenvalue weighted by Crippen LogP contribution is -2.35. The highest BCUT2D eigenvalue weighted by molar-refractivity contribution is 5.81. The summed E-state index contributed by atoms with van der Waals surface area (Å²) in [6.45, 7) is 24.9. The van der Waals surface area contributed by atoms with Gasteiger partial charge in [0.15, 0.2) is 23.7 Å². The largest absolute Gasteiger partial charge is 0.382 e. The van der Waals surface area contributed by atoms with Gasteiger partial charge in [0, 0.05) is 107 Å². The maximum Gasteiger partial charge on any atom is 0.264 e. The fourth-order valence-corrected chi connectivity index (χ4v) is 6.41. The van der Waals surface area contributed by atoms with Crippen molar-refractivity contribution >= 4 is 23.7 Å². The van der Waals surface area contributed by atoms with E-state index in [1.54, 1.807) is 81.3 Å². The number of anilines is 2. The van der Waals surface area contributed by atoms with Crippen molar-refractivity contribution in [2.24, 2.45) is 17.0 Å². The third-order valence-electron chi connectivity index (χ3n) is 11.3. The number of tetrazole rings is 1. The minimum Gasteiger partial charge on any atom is -0.382 e. The molecule has 476 valence electrons. The predicted octanol–water partition coefficient (Wildman–Crippen LogP) is 6.11. The number of aliphatic imine (C=N–C) groups is 2. The molecular weight excluding hydrogens is 1140 g/mol. The normalized spacial score (nSPS) is 10.9. The zero-order valence-corrected chi connectivity index (χ0v) is 53.4. The number of nitrogen functional groups attached to an aromatic ring is 2. The van der Waals surface area contributed by atoms with Crippen LogP contribution >= 0.6 is 0 Å². The summed E-state index contributed by atoms with van der Waals surface area (Å²) < 4.78 is 1.89. The second kappa shape index (κ2) is 44.1. The Morgan fingerprint density at radius 1 is 0.600 bits per heavy atom. The molecule has 2 aliphatic heterocycles. The second-order valence-corrected chi connectivity index (χ2v) is 19.3. The molecule has 29 heteroatoms. The lowest BCUT2D eigenvalue weighted by atomic mass is 10.1. The molecule has 12 N–H and O–H groups in total. The van der Waals surface area contributed by atoms with Crippen molar-refractivity contribution in [3.05, 3.63) is 238 Å². The number of H-pyrrole nitrogens is 5. The number of aryl methyl sites for hydroxylation is 11. The smallest absolute Gasteiger partial charge is 0.264 e. The molecule has 11 aromatic rings. The number of hydrogen-bond donors (Lipinski definition) is 10. The van der Waals surface area contributed by atoms with Gasteiger partial charge in [0.05, 0.1) is 49.0 Å². The van der Waals surface area contributed by atoms with E-state index in [1.165, 1.54) is 28.3 Å². The monoisotopic (exact) mass is 1230 g/mol. The minimum absolute atomic E-state index is 0.157. The Hall–Kier alpha value is -11.4. The Balaban J connectivity index is 0.000000263. The summed E-state index contributed by atoms with van der Waals surface area (Å²) >= 11 is 0. The summed E-state index contributed by atoms with van der Waals surface area (Å²) in [6.07, 6.45) is 19.1. The maximum atomic E-state index is 10.3. The van der Waals surface area contributed by atoms with Gasteiger partial charge in [-0.1, -0.05) is 53.7 Å². The zero-order valence-electron chi connectivity index (χ0n) is 53.4. The number of aromatic nitrogens is 20. The molecule has 0 amide bonds. The molecule has 0 atom stereocenters. The van der Waals surface area contributed by atoms with Crippen molar-refractivity contribution < 1.29 is 0 Å². The highest BCUT2D eigenvalue weighted by atomic mass is 16.1. The van der Waals surface area contributed by atoms with E-state index in [0.29, 0.717) is 17.6 Å². The molecule has 2 aromatic carbocycles. The van der Waals surface area contributed by atoms with Gasteiger partial charge >= 0.3 is 0 Å². The molecule has 0 spiro atoms. The Labute approximate surface area is 525 Å². The van der Waals surface area contributed by atoms with Gasteiger partial charge in [-0.2, -0.15) is 35.8 Å². The lowest BCUT2D eigenvalue weighted by Gasteiger charge is -2.15. The van der Waals surface area contributed by atoms with Crippen LogP contribution in [0.15, 0.2) is 174 Å². The van der Waals surface area contributed by atoms with Crippen LogP contribution in [0.4, 0.5) is 11.8 Å². The van der Waals surface area contributed by atoms with E-state index in [0.717, 1.165) is 91.0 Å². The number of nitrogens with zero attached hydrogens (tertiary/aromatic N) is 18. The van der Waals surface area contributed by atoms with Crippen molar-refractivity contribution in [3.63, 3.8) is 0 Å². The molecule has 9 aromatic heterocycles. The predicted molar refractivity (Wildman–Crippen MR) is 352 cm³/mol. The summed E-state index contributed by atoms with van der Waals surface area (Å²) in [6, 6.07) is 29.2. The first-order chi connectivity index (χ1) is 43.4. The van der Waals surface area contributed by atoms with Gasteiger partial charge in [-0.15, -0.1) is 15.3 Å².